The van der Waals surface area contributed by atoms with E-state index in [0.717, 1.165) is 37.3 Å². The van der Waals surface area contributed by atoms with Crippen molar-refractivity contribution in [1.82, 2.24) is 10.2 Å². The van der Waals surface area contributed by atoms with Gasteiger partial charge < -0.3 is 14.8 Å². The number of carbonyl (C=O) groups is 1. The van der Waals surface area contributed by atoms with Gasteiger partial charge in [-0.25, -0.2) is 0 Å². The number of rotatable bonds is 8. The van der Waals surface area contributed by atoms with Crippen molar-refractivity contribution in [3.63, 3.8) is 0 Å². The molecule has 0 saturated carbocycles. The van der Waals surface area contributed by atoms with Crippen LogP contribution >= 0.6 is 0 Å². The van der Waals surface area contributed by atoms with Crippen LogP contribution < -0.4 is 14.8 Å². The number of nitrogens with one attached hydrogen (secondary N) is 1. The van der Waals surface area contributed by atoms with Crippen LogP contribution in [0.2, 0.25) is 0 Å². The molecule has 1 aromatic rings. The molecule has 1 N–H and O–H groups in total. The first-order valence-corrected chi connectivity index (χ1v) is 10.7. The number of amides is 1. The minimum absolute atomic E-state index is 0.250. The van der Waals surface area contributed by atoms with Crippen LogP contribution in [-0.2, 0) is 11.3 Å². The van der Waals surface area contributed by atoms with Crippen molar-refractivity contribution in [3.8, 4) is 11.5 Å². The molecule has 27 heavy (non-hydrogen) atoms. The molecule has 2 fully saturated rings. The summed E-state index contributed by atoms with van der Waals surface area (Å²) in [6.07, 6.45) is 9.99. The summed E-state index contributed by atoms with van der Waals surface area (Å²) in [6.45, 7) is 3.49. The lowest BCUT2D eigenvalue weighted by atomic mass is 9.96. The second-order valence-corrected chi connectivity index (χ2v) is 8.29. The summed E-state index contributed by atoms with van der Waals surface area (Å²) in [4.78, 5) is 14.9. The summed E-state index contributed by atoms with van der Waals surface area (Å²) in [5.41, 5.74) is 1.29. The summed E-state index contributed by atoms with van der Waals surface area (Å²) in [6, 6.07) is 7.81. The third-order valence-electron chi connectivity index (χ3n) is 6.31. The van der Waals surface area contributed by atoms with Crippen LogP contribution in [0.4, 0.5) is 0 Å². The SMILES string of the molecule is CCCCCCC(=O)NC1CC2CCC(C1)N2Cc1ccc2c(c1)OCO2. The largest absolute Gasteiger partial charge is 0.454 e. The molecule has 0 spiro atoms. The number of unbranched alkanes of at least 4 members (excludes halogenated alkanes) is 3. The Hall–Kier alpha value is -1.75. The van der Waals surface area contributed by atoms with Crippen molar-refractivity contribution >= 4 is 5.91 Å². The summed E-state index contributed by atoms with van der Waals surface area (Å²) >= 11 is 0. The highest BCUT2D eigenvalue weighted by molar-refractivity contribution is 5.76. The first-order chi connectivity index (χ1) is 13.2. The van der Waals surface area contributed by atoms with Gasteiger partial charge in [0, 0.05) is 31.1 Å². The molecule has 2 bridgehead atoms. The molecule has 0 aromatic heterocycles. The van der Waals surface area contributed by atoms with E-state index in [0.29, 0.717) is 31.3 Å². The average Bonchev–Trinajstić information content (AvgIpc) is 3.21. The zero-order chi connectivity index (χ0) is 18.6. The van der Waals surface area contributed by atoms with Crippen LogP contribution in [-0.4, -0.2) is 35.7 Å². The Kier molecular flexibility index (Phi) is 5.86. The molecular formula is C22H32N2O3. The van der Waals surface area contributed by atoms with E-state index in [9.17, 15) is 4.79 Å². The van der Waals surface area contributed by atoms with E-state index in [4.69, 9.17) is 9.47 Å². The number of hydrogen-bond acceptors (Lipinski definition) is 4. The number of carbonyl (C=O) groups excluding carboxylic acids is 1. The normalized spacial score (nSPS) is 26.3. The van der Waals surface area contributed by atoms with Gasteiger partial charge in [-0.2, -0.15) is 0 Å². The van der Waals surface area contributed by atoms with Crippen LogP contribution in [0, 0.1) is 0 Å². The van der Waals surface area contributed by atoms with Gasteiger partial charge >= 0.3 is 0 Å². The quantitative estimate of drug-likeness (QED) is 0.701. The van der Waals surface area contributed by atoms with Crippen molar-refractivity contribution in [2.75, 3.05) is 6.79 Å². The maximum absolute atomic E-state index is 12.2. The van der Waals surface area contributed by atoms with Crippen LogP contribution in [0.5, 0.6) is 11.5 Å². The minimum atomic E-state index is 0.250. The van der Waals surface area contributed by atoms with E-state index in [1.54, 1.807) is 0 Å². The van der Waals surface area contributed by atoms with Crippen LogP contribution in [0.15, 0.2) is 18.2 Å². The fourth-order valence-electron chi connectivity index (χ4n) is 4.91. The highest BCUT2D eigenvalue weighted by atomic mass is 16.7. The van der Waals surface area contributed by atoms with Gasteiger partial charge in [0.2, 0.25) is 12.7 Å². The van der Waals surface area contributed by atoms with Crippen molar-refractivity contribution in [2.24, 2.45) is 0 Å². The van der Waals surface area contributed by atoms with Gasteiger partial charge in [-0.05, 0) is 49.8 Å². The molecule has 148 valence electrons. The van der Waals surface area contributed by atoms with E-state index in [2.05, 4.69) is 29.3 Å². The molecule has 1 amide bonds. The van der Waals surface area contributed by atoms with Gasteiger partial charge in [0.05, 0.1) is 0 Å². The number of hydrogen-bond donors (Lipinski definition) is 1. The molecule has 3 aliphatic rings. The minimum Gasteiger partial charge on any atom is -0.454 e. The van der Waals surface area contributed by atoms with Gasteiger partial charge in [-0.3, -0.25) is 9.69 Å². The van der Waals surface area contributed by atoms with Crippen molar-refractivity contribution in [3.05, 3.63) is 23.8 Å². The second-order valence-electron chi connectivity index (χ2n) is 8.29. The Morgan fingerprint density at radius 3 is 2.67 bits per heavy atom. The van der Waals surface area contributed by atoms with E-state index >= 15 is 0 Å². The molecular weight excluding hydrogens is 340 g/mol. The molecule has 4 rings (SSSR count). The Bertz CT molecular complexity index is 649. The summed E-state index contributed by atoms with van der Waals surface area (Å²) in [7, 11) is 0. The van der Waals surface area contributed by atoms with Gasteiger partial charge in [0.25, 0.3) is 0 Å². The molecule has 3 aliphatic heterocycles. The first kappa shape index (κ1) is 18.6. The monoisotopic (exact) mass is 372 g/mol. The van der Waals surface area contributed by atoms with E-state index < -0.39 is 0 Å². The van der Waals surface area contributed by atoms with E-state index in [1.807, 2.05) is 6.07 Å². The summed E-state index contributed by atoms with van der Waals surface area (Å²) in [5.74, 6) is 1.96. The zero-order valence-corrected chi connectivity index (χ0v) is 16.4. The van der Waals surface area contributed by atoms with Crippen LogP contribution in [0.25, 0.3) is 0 Å². The maximum Gasteiger partial charge on any atom is 0.231 e. The van der Waals surface area contributed by atoms with Gasteiger partial charge in [0.1, 0.15) is 0 Å². The molecule has 2 unspecified atom stereocenters. The van der Waals surface area contributed by atoms with Gasteiger partial charge in [0.15, 0.2) is 11.5 Å². The molecule has 2 saturated heterocycles. The molecule has 5 nitrogen and oxygen atoms in total. The third kappa shape index (κ3) is 4.40. The Morgan fingerprint density at radius 1 is 1.11 bits per heavy atom. The Morgan fingerprint density at radius 2 is 1.89 bits per heavy atom. The first-order valence-electron chi connectivity index (χ1n) is 10.7. The standard InChI is InChI=1S/C22H32N2O3/c1-2-3-4-5-6-22(25)23-17-12-18-8-9-19(13-17)24(18)14-16-7-10-20-21(11-16)27-15-26-20/h7,10-11,17-19H,2-6,8-9,12-15H2,1H3,(H,23,25). The van der Waals surface area contributed by atoms with E-state index in [1.165, 1.54) is 37.7 Å². The molecule has 1 aromatic carbocycles. The zero-order valence-electron chi connectivity index (χ0n) is 16.4. The van der Waals surface area contributed by atoms with Crippen LogP contribution in [0.1, 0.15) is 70.3 Å². The Labute approximate surface area is 162 Å². The lowest BCUT2D eigenvalue weighted by Crippen LogP contribution is -2.49. The van der Waals surface area contributed by atoms with Crippen molar-refractivity contribution < 1.29 is 14.3 Å². The second kappa shape index (κ2) is 8.51. The molecule has 0 radical (unpaired) electrons. The predicted molar refractivity (Wildman–Crippen MR) is 105 cm³/mol. The van der Waals surface area contributed by atoms with Gasteiger partial charge in [-0.1, -0.05) is 32.3 Å². The van der Waals surface area contributed by atoms with Crippen molar-refractivity contribution in [2.45, 2.75) is 89.4 Å². The number of benzene rings is 1. The number of piperidine rings is 1. The predicted octanol–water partition coefficient (Wildman–Crippen LogP) is 4.00. The Balaban J connectivity index is 1.28. The molecule has 3 heterocycles. The van der Waals surface area contributed by atoms with Crippen LogP contribution in [0.3, 0.4) is 0 Å². The molecule has 5 heteroatoms. The average molecular weight is 373 g/mol. The van der Waals surface area contributed by atoms with E-state index in [-0.39, 0.29) is 5.91 Å². The summed E-state index contributed by atoms with van der Waals surface area (Å²) in [5, 5.41) is 3.31. The van der Waals surface area contributed by atoms with Gasteiger partial charge in [-0.15, -0.1) is 0 Å². The maximum atomic E-state index is 12.2. The molecule has 2 atom stereocenters. The highest BCUT2D eigenvalue weighted by Gasteiger charge is 2.40. The lowest BCUT2D eigenvalue weighted by molar-refractivity contribution is -0.122. The number of fused-ring (bicyclic) bond motifs is 3. The van der Waals surface area contributed by atoms with Crippen molar-refractivity contribution in [1.29, 1.82) is 0 Å². The molecule has 0 aliphatic carbocycles. The summed E-state index contributed by atoms with van der Waals surface area (Å²) < 4.78 is 10.9. The number of ether oxygens (including phenoxy) is 2. The lowest BCUT2D eigenvalue weighted by Gasteiger charge is -2.39. The number of nitrogens with zero attached hydrogens (tertiary/aromatic N) is 1. The highest BCUT2D eigenvalue weighted by Crippen LogP contribution is 2.38. The fraction of sp³-hybridized carbons (Fsp3) is 0.682. The smallest absolute Gasteiger partial charge is 0.231 e. The third-order valence-corrected chi connectivity index (χ3v) is 6.31. The topological polar surface area (TPSA) is 50.8 Å². The fourth-order valence-corrected chi connectivity index (χ4v) is 4.91.